The maximum Gasteiger partial charge on any atom is 0.137 e. The van der Waals surface area contributed by atoms with Crippen LogP contribution in [-0.2, 0) is 5.41 Å². The Balaban J connectivity index is 0.959. The van der Waals surface area contributed by atoms with Gasteiger partial charge >= 0.3 is 0 Å². The number of nitrogens with zero attached hydrogens (tertiary/aromatic N) is 6. The molecule has 0 fully saturated rings. The Morgan fingerprint density at radius 2 is 0.687 bits per heavy atom. The molecule has 12 rings (SSSR count). The van der Waals surface area contributed by atoms with E-state index in [4.69, 9.17) is 20.0 Å². The SMILES string of the molecule is CC1(C)N=C(c2ccccc2)N(c2ccc(-c3ccc4c(c3)C3(c5ccccc5-c5ccccc53)c3cc(-c5ccc(N6C(c7ccccc7)=NC(C)(C)C6(C)C)nc5)ccc3-4)cn2)C1(C)C. The number of aromatic nitrogens is 2. The first-order valence-electron chi connectivity index (χ1n) is 23.6. The largest absolute Gasteiger partial charge is 0.303 e. The van der Waals surface area contributed by atoms with Gasteiger partial charge in [-0.05, 0) is 147 Å². The summed E-state index contributed by atoms with van der Waals surface area (Å²) in [6.45, 7) is 17.9. The van der Waals surface area contributed by atoms with Gasteiger partial charge in [0.1, 0.15) is 23.3 Å². The minimum Gasteiger partial charge on any atom is -0.303 e. The first kappa shape index (κ1) is 41.0. The van der Waals surface area contributed by atoms with Crippen LogP contribution in [0.25, 0.3) is 44.5 Å². The summed E-state index contributed by atoms with van der Waals surface area (Å²) >= 11 is 0. The molecule has 0 saturated carbocycles. The molecule has 0 radical (unpaired) electrons. The number of hydrogen-bond donors (Lipinski definition) is 0. The Bertz CT molecular complexity index is 3120. The Labute approximate surface area is 394 Å². The summed E-state index contributed by atoms with van der Waals surface area (Å²) < 4.78 is 0. The van der Waals surface area contributed by atoms with Gasteiger partial charge in [0.25, 0.3) is 0 Å². The summed E-state index contributed by atoms with van der Waals surface area (Å²) in [7, 11) is 0. The number of rotatable bonds is 6. The summed E-state index contributed by atoms with van der Waals surface area (Å²) in [5.74, 6) is 3.67. The zero-order valence-corrected chi connectivity index (χ0v) is 39.5. The molecule has 4 heterocycles. The van der Waals surface area contributed by atoms with Gasteiger partial charge < -0.3 is 9.80 Å². The van der Waals surface area contributed by atoms with E-state index in [0.717, 1.165) is 56.7 Å². The molecule has 0 atom stereocenters. The van der Waals surface area contributed by atoms with Gasteiger partial charge in [0.2, 0.25) is 0 Å². The van der Waals surface area contributed by atoms with Crippen LogP contribution in [0.4, 0.5) is 11.6 Å². The Kier molecular flexibility index (Phi) is 8.74. The number of fused-ring (bicyclic) bond motifs is 10. The zero-order chi connectivity index (χ0) is 46.1. The van der Waals surface area contributed by atoms with Crippen molar-refractivity contribution in [2.45, 2.75) is 83.0 Å². The smallest absolute Gasteiger partial charge is 0.137 e. The number of hydrogen-bond acceptors (Lipinski definition) is 6. The Hall–Kier alpha value is -7.44. The Morgan fingerprint density at radius 3 is 1.07 bits per heavy atom. The van der Waals surface area contributed by atoms with E-state index in [1.807, 2.05) is 12.4 Å². The molecule has 0 bridgehead atoms. The first-order chi connectivity index (χ1) is 32.2. The quantitative estimate of drug-likeness (QED) is 0.167. The second kappa shape index (κ2) is 14.3. The molecule has 8 aromatic rings. The summed E-state index contributed by atoms with van der Waals surface area (Å²) in [4.78, 5) is 25.6. The van der Waals surface area contributed by atoms with Crippen LogP contribution in [0.2, 0.25) is 0 Å². The van der Waals surface area contributed by atoms with Crippen LogP contribution >= 0.6 is 0 Å². The molecule has 2 aliphatic carbocycles. The molecule has 67 heavy (non-hydrogen) atoms. The van der Waals surface area contributed by atoms with Crippen LogP contribution in [0, 0.1) is 0 Å². The average molecular weight is 871 g/mol. The van der Waals surface area contributed by atoms with Crippen LogP contribution in [0.15, 0.2) is 192 Å². The number of benzene rings is 6. The van der Waals surface area contributed by atoms with Crippen LogP contribution < -0.4 is 9.80 Å². The van der Waals surface area contributed by atoms with E-state index in [2.05, 4.69) is 235 Å². The summed E-state index contributed by atoms with van der Waals surface area (Å²) in [6, 6.07) is 61.9. The molecular formula is C61H54N6. The maximum absolute atomic E-state index is 5.28. The fraction of sp³-hybridized carbons (Fsp3) is 0.213. The molecule has 328 valence electrons. The third-order valence-corrected chi connectivity index (χ3v) is 16.1. The number of amidine groups is 2. The van der Waals surface area contributed by atoms with Gasteiger partial charge in [0.05, 0.1) is 27.6 Å². The fourth-order valence-electron chi connectivity index (χ4n) is 11.2. The van der Waals surface area contributed by atoms with Crippen LogP contribution in [0.1, 0.15) is 88.8 Å². The van der Waals surface area contributed by atoms with Crippen molar-refractivity contribution in [1.29, 1.82) is 0 Å². The predicted octanol–water partition coefficient (Wildman–Crippen LogP) is 13.8. The van der Waals surface area contributed by atoms with Crippen molar-refractivity contribution >= 4 is 23.3 Å². The molecule has 6 heteroatoms. The highest BCUT2D eigenvalue weighted by Gasteiger charge is 2.53. The van der Waals surface area contributed by atoms with Gasteiger partial charge in [-0.2, -0.15) is 0 Å². The third kappa shape index (κ3) is 5.75. The van der Waals surface area contributed by atoms with E-state index in [9.17, 15) is 0 Å². The van der Waals surface area contributed by atoms with E-state index >= 15 is 0 Å². The van der Waals surface area contributed by atoms with Crippen molar-refractivity contribution in [2.24, 2.45) is 9.98 Å². The number of anilines is 2. The molecule has 6 aromatic carbocycles. The maximum atomic E-state index is 5.28. The number of aliphatic imine (C=N–C) groups is 2. The predicted molar refractivity (Wildman–Crippen MR) is 276 cm³/mol. The highest BCUT2D eigenvalue weighted by Crippen LogP contribution is 2.63. The lowest BCUT2D eigenvalue weighted by Gasteiger charge is -2.40. The van der Waals surface area contributed by atoms with Crippen molar-refractivity contribution in [2.75, 3.05) is 9.80 Å². The van der Waals surface area contributed by atoms with Crippen molar-refractivity contribution < 1.29 is 0 Å². The molecule has 1 spiro atoms. The van der Waals surface area contributed by atoms with Crippen molar-refractivity contribution in [3.63, 3.8) is 0 Å². The third-order valence-electron chi connectivity index (χ3n) is 16.1. The van der Waals surface area contributed by atoms with E-state index in [-0.39, 0.29) is 22.2 Å². The highest BCUT2D eigenvalue weighted by atomic mass is 15.4. The second-order valence-corrected chi connectivity index (χ2v) is 20.7. The lowest BCUT2D eigenvalue weighted by molar-refractivity contribution is 0.337. The van der Waals surface area contributed by atoms with Crippen LogP contribution in [-0.4, -0.2) is 43.8 Å². The van der Waals surface area contributed by atoms with E-state index in [0.29, 0.717) is 0 Å². The minimum atomic E-state index is -0.525. The van der Waals surface area contributed by atoms with Gasteiger partial charge in [0.15, 0.2) is 0 Å². The lowest BCUT2D eigenvalue weighted by Crippen LogP contribution is -2.53. The monoisotopic (exact) mass is 870 g/mol. The van der Waals surface area contributed by atoms with Gasteiger partial charge in [0, 0.05) is 34.6 Å². The zero-order valence-electron chi connectivity index (χ0n) is 39.5. The van der Waals surface area contributed by atoms with E-state index in [1.54, 1.807) is 0 Å². The van der Waals surface area contributed by atoms with Gasteiger partial charge in [-0.3, -0.25) is 9.98 Å². The standard InChI is InChI=1S/C61H54N6/c1-57(2)59(5,6)66(55(64-57)39-19-11-9-12-20-39)53-33-29-43(37-62-53)41-27-31-47-48-32-28-42(36-52(48)61(51(47)35-41)49-25-17-15-23-45(49)46-24-16-18-26-50(46)61)44-30-34-54(63-38-44)67-56(40-21-13-10-14-22-40)65-58(3,4)60(67,7)8/h9-38H,1-8H3. The van der Waals surface area contributed by atoms with Crippen molar-refractivity contribution in [1.82, 2.24) is 9.97 Å². The number of pyridine rings is 2. The van der Waals surface area contributed by atoms with Gasteiger partial charge in [-0.1, -0.05) is 133 Å². The van der Waals surface area contributed by atoms with E-state index < -0.39 is 5.41 Å². The fourth-order valence-corrected chi connectivity index (χ4v) is 11.2. The molecule has 2 aliphatic heterocycles. The van der Waals surface area contributed by atoms with Gasteiger partial charge in [-0.15, -0.1) is 0 Å². The molecule has 2 aromatic heterocycles. The lowest BCUT2D eigenvalue weighted by atomic mass is 9.70. The summed E-state index contributed by atoms with van der Waals surface area (Å²) in [5, 5.41) is 0. The summed E-state index contributed by atoms with van der Waals surface area (Å²) in [6.07, 6.45) is 4.08. The molecular weight excluding hydrogens is 817 g/mol. The van der Waals surface area contributed by atoms with Crippen molar-refractivity contribution in [3.05, 3.63) is 216 Å². The average Bonchev–Trinajstić information content (AvgIpc) is 3.94. The summed E-state index contributed by atoms with van der Waals surface area (Å²) in [5.41, 5.74) is 15.1. The second-order valence-electron chi connectivity index (χ2n) is 20.7. The minimum absolute atomic E-state index is 0.304. The molecule has 0 amide bonds. The molecule has 4 aliphatic rings. The topological polar surface area (TPSA) is 57.0 Å². The van der Waals surface area contributed by atoms with E-state index in [1.165, 1.54) is 44.5 Å². The first-order valence-corrected chi connectivity index (χ1v) is 23.6. The highest BCUT2D eigenvalue weighted by molar-refractivity contribution is 6.13. The molecule has 6 nitrogen and oxygen atoms in total. The molecule has 0 N–H and O–H groups in total. The van der Waals surface area contributed by atoms with Crippen LogP contribution in [0.5, 0.6) is 0 Å². The van der Waals surface area contributed by atoms with Crippen LogP contribution in [0.3, 0.4) is 0 Å². The van der Waals surface area contributed by atoms with Gasteiger partial charge in [-0.25, -0.2) is 9.97 Å². The normalized spacial score (nSPS) is 18.3. The molecule has 0 saturated heterocycles. The Morgan fingerprint density at radius 1 is 0.328 bits per heavy atom. The van der Waals surface area contributed by atoms with Crippen molar-refractivity contribution in [3.8, 4) is 44.5 Å². The molecule has 0 unspecified atom stereocenters.